The van der Waals surface area contributed by atoms with Crippen molar-refractivity contribution in [3.8, 4) is 0 Å². The van der Waals surface area contributed by atoms with Crippen molar-refractivity contribution in [2.24, 2.45) is 0 Å². The highest BCUT2D eigenvalue weighted by atomic mass is 16.3. The van der Waals surface area contributed by atoms with Crippen LogP contribution in [0.3, 0.4) is 0 Å². The molecule has 1 aliphatic heterocycles. The molecule has 2 aromatic heterocycles. The Morgan fingerprint density at radius 1 is 1.18 bits per heavy atom. The highest BCUT2D eigenvalue weighted by Crippen LogP contribution is 2.24. The number of nitrogens with one attached hydrogen (secondary N) is 2. The summed E-state index contributed by atoms with van der Waals surface area (Å²) in [7, 11) is 0. The summed E-state index contributed by atoms with van der Waals surface area (Å²) >= 11 is 0. The number of hydrogen-bond acceptors (Lipinski definition) is 6. The Morgan fingerprint density at radius 3 is 2.71 bits per heavy atom. The fourth-order valence-corrected chi connectivity index (χ4v) is 3.74. The van der Waals surface area contributed by atoms with Crippen molar-refractivity contribution in [3.05, 3.63) is 40.4 Å². The molecule has 0 atom stereocenters. The van der Waals surface area contributed by atoms with Gasteiger partial charge in [0.25, 0.3) is 5.56 Å². The number of benzene rings is 1. The number of hydrogen-bond donors (Lipinski definition) is 2. The van der Waals surface area contributed by atoms with Crippen LogP contribution in [0.1, 0.15) is 18.7 Å². The molecule has 0 unspecified atom stereocenters. The number of nitrogens with zero attached hydrogens (tertiary/aromatic N) is 3. The summed E-state index contributed by atoms with van der Waals surface area (Å²) < 4.78 is 5.65. The lowest BCUT2D eigenvalue weighted by Crippen LogP contribution is -2.49. The molecule has 1 amide bonds. The van der Waals surface area contributed by atoms with E-state index in [9.17, 15) is 9.59 Å². The zero-order chi connectivity index (χ0) is 19.1. The molecular formula is C20H23N5O3. The van der Waals surface area contributed by atoms with Crippen molar-refractivity contribution in [1.29, 1.82) is 0 Å². The number of aromatic nitrogens is 2. The van der Waals surface area contributed by atoms with Crippen molar-refractivity contribution in [3.63, 3.8) is 0 Å². The first-order chi connectivity index (χ1) is 13.7. The summed E-state index contributed by atoms with van der Waals surface area (Å²) in [5.41, 5.74) is 1.32. The normalized spacial score (nSPS) is 18.7. The van der Waals surface area contributed by atoms with Crippen LogP contribution in [0.15, 0.2) is 33.5 Å². The van der Waals surface area contributed by atoms with Crippen molar-refractivity contribution >= 4 is 28.0 Å². The van der Waals surface area contributed by atoms with Crippen LogP contribution in [0.5, 0.6) is 0 Å². The van der Waals surface area contributed by atoms with Gasteiger partial charge in [-0.3, -0.25) is 19.4 Å². The summed E-state index contributed by atoms with van der Waals surface area (Å²) in [5, 5.41) is 3.89. The Kier molecular flexibility index (Phi) is 4.37. The molecule has 0 spiro atoms. The fourth-order valence-electron chi connectivity index (χ4n) is 3.74. The zero-order valence-electron chi connectivity index (χ0n) is 15.6. The van der Waals surface area contributed by atoms with Gasteiger partial charge in [-0.25, -0.2) is 4.98 Å². The molecule has 3 heterocycles. The van der Waals surface area contributed by atoms with E-state index in [1.54, 1.807) is 0 Å². The third-order valence-corrected chi connectivity index (χ3v) is 5.43. The van der Waals surface area contributed by atoms with Crippen LogP contribution in [-0.4, -0.2) is 64.4 Å². The topological polar surface area (TPSA) is 94.5 Å². The van der Waals surface area contributed by atoms with Gasteiger partial charge < -0.3 is 14.7 Å². The van der Waals surface area contributed by atoms with Crippen molar-refractivity contribution in [2.75, 3.05) is 32.7 Å². The van der Waals surface area contributed by atoms with Crippen molar-refractivity contribution < 1.29 is 9.21 Å². The van der Waals surface area contributed by atoms with E-state index in [0.717, 1.165) is 44.4 Å². The smallest absolute Gasteiger partial charge is 0.294 e. The van der Waals surface area contributed by atoms with Crippen LogP contribution < -0.4 is 10.9 Å². The quantitative estimate of drug-likeness (QED) is 0.687. The van der Waals surface area contributed by atoms with Crippen molar-refractivity contribution in [2.45, 2.75) is 25.4 Å². The van der Waals surface area contributed by atoms with Gasteiger partial charge in [-0.05, 0) is 25.0 Å². The average molecular weight is 381 g/mol. The number of rotatable bonds is 5. The molecule has 1 aromatic carbocycles. The highest BCUT2D eigenvalue weighted by molar-refractivity contribution is 6.01. The van der Waals surface area contributed by atoms with Crippen LogP contribution in [0, 0.1) is 0 Å². The molecule has 3 aromatic rings. The van der Waals surface area contributed by atoms with Gasteiger partial charge in [0.05, 0.1) is 13.1 Å². The lowest BCUT2D eigenvalue weighted by Gasteiger charge is -2.33. The number of H-pyrrole nitrogens is 1. The summed E-state index contributed by atoms with van der Waals surface area (Å²) in [5.74, 6) is 0.767. The summed E-state index contributed by atoms with van der Waals surface area (Å²) in [6.45, 7) is 4.38. The number of piperazine rings is 1. The van der Waals surface area contributed by atoms with Gasteiger partial charge in [-0.15, -0.1) is 0 Å². The first kappa shape index (κ1) is 17.4. The third-order valence-electron chi connectivity index (χ3n) is 5.43. The number of carbonyl (C=O) groups is 1. The van der Waals surface area contributed by atoms with Gasteiger partial charge in [0.1, 0.15) is 16.9 Å². The zero-order valence-corrected chi connectivity index (χ0v) is 15.6. The molecule has 2 aliphatic rings. The van der Waals surface area contributed by atoms with E-state index in [1.807, 2.05) is 24.3 Å². The third kappa shape index (κ3) is 3.53. The second-order valence-electron chi connectivity index (χ2n) is 7.68. The number of para-hydroxylation sites is 1. The lowest BCUT2D eigenvalue weighted by molar-refractivity contribution is -0.122. The minimum absolute atomic E-state index is 0.124. The maximum Gasteiger partial charge on any atom is 0.294 e. The van der Waals surface area contributed by atoms with Crippen LogP contribution in [0.2, 0.25) is 0 Å². The Labute approximate surface area is 161 Å². The monoisotopic (exact) mass is 381 g/mol. The minimum Gasteiger partial charge on any atom is -0.449 e. The van der Waals surface area contributed by atoms with Gasteiger partial charge in [0.2, 0.25) is 11.5 Å². The van der Waals surface area contributed by atoms with E-state index < -0.39 is 0 Å². The standard InChI is InChI=1S/C20H23N5O3/c26-17(21-13-5-6-13)12-25-9-7-24(8-10-25)11-16-22-18-14-3-1-2-4-15(14)28-19(18)20(27)23-16/h1-4,13H,5-12H2,(H,21,26)(H,22,23,27). The van der Waals surface area contributed by atoms with E-state index >= 15 is 0 Å². The largest absolute Gasteiger partial charge is 0.449 e. The molecule has 8 nitrogen and oxygen atoms in total. The average Bonchev–Trinajstić information content (AvgIpc) is 3.41. The molecule has 0 bridgehead atoms. The number of fused-ring (bicyclic) bond motifs is 3. The van der Waals surface area contributed by atoms with E-state index in [-0.39, 0.29) is 17.0 Å². The highest BCUT2D eigenvalue weighted by Gasteiger charge is 2.25. The molecule has 1 saturated carbocycles. The molecule has 146 valence electrons. The molecule has 1 saturated heterocycles. The summed E-state index contributed by atoms with van der Waals surface area (Å²) in [4.78, 5) is 36.3. The van der Waals surface area contributed by atoms with E-state index in [1.165, 1.54) is 0 Å². The molecule has 8 heteroatoms. The number of aromatic amines is 1. The van der Waals surface area contributed by atoms with E-state index in [4.69, 9.17) is 4.42 Å². The molecule has 2 N–H and O–H groups in total. The minimum atomic E-state index is -0.244. The Bertz CT molecular complexity index is 1080. The second-order valence-corrected chi connectivity index (χ2v) is 7.68. The molecule has 2 fully saturated rings. The maximum atomic E-state index is 12.4. The van der Waals surface area contributed by atoms with Gasteiger partial charge in [0, 0.05) is 37.6 Å². The Hall–Kier alpha value is -2.71. The van der Waals surface area contributed by atoms with E-state index in [0.29, 0.717) is 36.1 Å². The SMILES string of the molecule is O=C(CN1CCN(Cc2nc3c(oc4ccccc43)c(=O)[nH]2)CC1)NC1CC1. The van der Waals surface area contributed by atoms with Crippen LogP contribution in [-0.2, 0) is 11.3 Å². The molecule has 28 heavy (non-hydrogen) atoms. The summed E-state index contributed by atoms with van der Waals surface area (Å²) in [6, 6.07) is 7.96. The molecule has 5 rings (SSSR count). The van der Waals surface area contributed by atoms with Gasteiger partial charge in [-0.2, -0.15) is 0 Å². The Balaban J connectivity index is 1.25. The molecular weight excluding hydrogens is 358 g/mol. The molecule has 0 radical (unpaired) electrons. The number of amides is 1. The molecule has 1 aliphatic carbocycles. The summed E-state index contributed by atoms with van der Waals surface area (Å²) in [6.07, 6.45) is 2.22. The Morgan fingerprint density at radius 2 is 1.93 bits per heavy atom. The first-order valence-electron chi connectivity index (χ1n) is 9.80. The lowest BCUT2D eigenvalue weighted by atomic mass is 10.2. The second kappa shape index (κ2) is 7.03. The van der Waals surface area contributed by atoms with Gasteiger partial charge in [0.15, 0.2) is 0 Å². The van der Waals surface area contributed by atoms with Crippen LogP contribution in [0.4, 0.5) is 0 Å². The van der Waals surface area contributed by atoms with Crippen LogP contribution in [0.25, 0.3) is 22.1 Å². The predicted molar refractivity (Wildman–Crippen MR) is 105 cm³/mol. The van der Waals surface area contributed by atoms with Crippen LogP contribution >= 0.6 is 0 Å². The number of carbonyl (C=O) groups excluding carboxylic acids is 1. The maximum absolute atomic E-state index is 12.4. The van der Waals surface area contributed by atoms with Gasteiger partial charge >= 0.3 is 0 Å². The van der Waals surface area contributed by atoms with Gasteiger partial charge in [-0.1, -0.05) is 12.1 Å². The fraction of sp³-hybridized carbons (Fsp3) is 0.450. The predicted octanol–water partition coefficient (Wildman–Crippen LogP) is 1.07. The van der Waals surface area contributed by atoms with Crippen molar-refractivity contribution in [1.82, 2.24) is 25.1 Å². The first-order valence-corrected chi connectivity index (χ1v) is 9.80. The van der Waals surface area contributed by atoms with E-state index in [2.05, 4.69) is 25.1 Å². The number of furan rings is 1.